The predicted molar refractivity (Wildman–Crippen MR) is 88.4 cm³/mol. The smallest absolute Gasteiger partial charge is 0.253 e. The summed E-state index contributed by atoms with van der Waals surface area (Å²) in [4.78, 5) is 28.3. The van der Waals surface area contributed by atoms with Crippen molar-refractivity contribution in [3.8, 4) is 0 Å². The van der Waals surface area contributed by atoms with E-state index >= 15 is 0 Å². The van der Waals surface area contributed by atoms with E-state index in [-0.39, 0.29) is 11.8 Å². The van der Waals surface area contributed by atoms with Crippen LogP contribution >= 0.6 is 0 Å². The minimum absolute atomic E-state index is 0.00528. The topological polar surface area (TPSA) is 40.6 Å². The largest absolute Gasteiger partial charge is 0.337 e. The fraction of sp³-hybridized carbons (Fsp3) is 0.263. The molecule has 4 rings (SSSR count). The second-order valence-electron chi connectivity index (χ2n) is 6.26. The fourth-order valence-corrected chi connectivity index (χ4v) is 3.56. The van der Waals surface area contributed by atoms with Crippen LogP contribution in [-0.4, -0.2) is 30.3 Å². The van der Waals surface area contributed by atoms with Crippen molar-refractivity contribution in [1.82, 2.24) is 4.90 Å². The maximum absolute atomic E-state index is 12.7. The zero-order valence-corrected chi connectivity index (χ0v) is 13.1. The molecule has 0 fully saturated rings. The van der Waals surface area contributed by atoms with E-state index in [1.165, 1.54) is 0 Å². The molecule has 0 saturated carbocycles. The van der Waals surface area contributed by atoms with Crippen LogP contribution in [0.4, 0.5) is 5.69 Å². The Kier molecular flexibility index (Phi) is 3.18. The van der Waals surface area contributed by atoms with E-state index in [0.717, 1.165) is 35.3 Å². The van der Waals surface area contributed by atoms with Crippen molar-refractivity contribution in [2.24, 2.45) is 0 Å². The number of carbonyl (C=O) groups excluding carboxylic acids is 2. The highest BCUT2D eigenvalue weighted by atomic mass is 16.2. The molecule has 4 nitrogen and oxygen atoms in total. The minimum atomic E-state index is 0.00528. The monoisotopic (exact) mass is 306 g/mol. The number of benzene rings is 2. The number of amides is 2. The maximum Gasteiger partial charge on any atom is 0.253 e. The van der Waals surface area contributed by atoms with Gasteiger partial charge >= 0.3 is 0 Å². The van der Waals surface area contributed by atoms with Crippen LogP contribution in [0.3, 0.4) is 0 Å². The molecule has 4 heteroatoms. The molecule has 2 aliphatic rings. The Morgan fingerprint density at radius 3 is 2.70 bits per heavy atom. The molecule has 0 N–H and O–H groups in total. The number of nitrogens with zero attached hydrogens (tertiary/aromatic N) is 2. The van der Waals surface area contributed by atoms with Crippen LogP contribution in [0.15, 0.2) is 42.5 Å². The number of hydrogen-bond donors (Lipinski definition) is 0. The summed E-state index contributed by atoms with van der Waals surface area (Å²) in [6.45, 7) is 1.33. The van der Waals surface area contributed by atoms with Crippen LogP contribution in [0.2, 0.25) is 0 Å². The van der Waals surface area contributed by atoms with Gasteiger partial charge in [0.15, 0.2) is 0 Å². The van der Waals surface area contributed by atoms with Gasteiger partial charge in [0.1, 0.15) is 0 Å². The first-order chi connectivity index (χ1) is 11.1. The van der Waals surface area contributed by atoms with Gasteiger partial charge in [-0.1, -0.05) is 30.3 Å². The van der Waals surface area contributed by atoms with Crippen molar-refractivity contribution in [1.29, 1.82) is 0 Å². The summed E-state index contributed by atoms with van der Waals surface area (Å²) in [6, 6.07) is 13.8. The second kappa shape index (κ2) is 5.23. The SMILES string of the molecule is CN(Cc1ccccc1)C(=O)c1cc2c3c(c1)CC(=O)N3CC2. The van der Waals surface area contributed by atoms with Gasteiger partial charge in [0.2, 0.25) is 5.91 Å². The van der Waals surface area contributed by atoms with Crippen LogP contribution in [0, 0.1) is 0 Å². The van der Waals surface area contributed by atoms with Crippen molar-refractivity contribution < 1.29 is 9.59 Å². The minimum Gasteiger partial charge on any atom is -0.337 e. The van der Waals surface area contributed by atoms with Crippen molar-refractivity contribution in [2.45, 2.75) is 19.4 Å². The van der Waals surface area contributed by atoms with E-state index in [1.54, 1.807) is 4.90 Å². The number of rotatable bonds is 3. The lowest BCUT2D eigenvalue weighted by Gasteiger charge is -2.18. The molecule has 0 aromatic heterocycles. The molecule has 0 unspecified atom stereocenters. The Morgan fingerprint density at radius 1 is 1.17 bits per heavy atom. The van der Waals surface area contributed by atoms with Gasteiger partial charge in [-0.05, 0) is 35.2 Å². The maximum atomic E-state index is 12.7. The first-order valence-corrected chi connectivity index (χ1v) is 7.89. The molecule has 2 heterocycles. The molecule has 2 aromatic carbocycles. The number of carbonyl (C=O) groups is 2. The molecule has 0 atom stereocenters. The molecule has 23 heavy (non-hydrogen) atoms. The normalized spacial score (nSPS) is 15.0. The standard InChI is InChI=1S/C19H18N2O2/c1-20(12-13-5-3-2-4-6-13)19(23)16-9-14-7-8-21-17(22)11-15(10-16)18(14)21/h2-6,9-10H,7-8,11-12H2,1H3. The lowest BCUT2D eigenvalue weighted by atomic mass is 10.0. The van der Waals surface area contributed by atoms with E-state index in [2.05, 4.69) is 0 Å². The Bertz CT molecular complexity index is 799. The average molecular weight is 306 g/mol. The molecule has 2 aromatic rings. The first-order valence-electron chi connectivity index (χ1n) is 7.89. The van der Waals surface area contributed by atoms with Gasteiger partial charge in [-0.25, -0.2) is 0 Å². The van der Waals surface area contributed by atoms with E-state index in [1.807, 2.05) is 54.4 Å². The summed E-state index contributed by atoms with van der Waals surface area (Å²) in [6.07, 6.45) is 1.27. The molecule has 0 spiro atoms. The number of anilines is 1. The highest BCUT2D eigenvalue weighted by Crippen LogP contribution is 2.38. The van der Waals surface area contributed by atoms with Crippen LogP contribution in [0.25, 0.3) is 0 Å². The summed E-state index contributed by atoms with van der Waals surface area (Å²) in [5, 5.41) is 0. The third kappa shape index (κ3) is 2.31. The van der Waals surface area contributed by atoms with Crippen molar-refractivity contribution in [3.63, 3.8) is 0 Å². The Labute approximate surface area is 135 Å². The van der Waals surface area contributed by atoms with E-state index in [4.69, 9.17) is 0 Å². The van der Waals surface area contributed by atoms with Crippen LogP contribution < -0.4 is 4.90 Å². The zero-order chi connectivity index (χ0) is 16.0. The third-order valence-corrected chi connectivity index (χ3v) is 4.64. The average Bonchev–Trinajstić information content (AvgIpc) is 3.12. The molecule has 0 radical (unpaired) electrons. The number of hydrogen-bond acceptors (Lipinski definition) is 2. The van der Waals surface area contributed by atoms with Gasteiger partial charge in [-0.3, -0.25) is 9.59 Å². The molecule has 2 amide bonds. The van der Waals surface area contributed by atoms with Crippen molar-refractivity contribution in [3.05, 3.63) is 64.7 Å². The van der Waals surface area contributed by atoms with Crippen molar-refractivity contribution in [2.75, 3.05) is 18.5 Å². The summed E-state index contributed by atoms with van der Waals surface area (Å²) >= 11 is 0. The van der Waals surface area contributed by atoms with Crippen LogP contribution in [0.5, 0.6) is 0 Å². The fourth-order valence-electron chi connectivity index (χ4n) is 3.56. The lowest BCUT2D eigenvalue weighted by Crippen LogP contribution is -2.26. The molecule has 116 valence electrons. The third-order valence-electron chi connectivity index (χ3n) is 4.64. The highest BCUT2D eigenvalue weighted by Gasteiger charge is 2.34. The Morgan fingerprint density at radius 2 is 1.91 bits per heavy atom. The Hall–Kier alpha value is -2.62. The molecular weight excluding hydrogens is 288 g/mol. The summed E-state index contributed by atoms with van der Waals surface area (Å²) in [5.74, 6) is 0.159. The van der Waals surface area contributed by atoms with E-state index < -0.39 is 0 Å². The first kappa shape index (κ1) is 14.0. The summed E-state index contributed by atoms with van der Waals surface area (Å²) < 4.78 is 0. The Balaban J connectivity index is 1.60. The van der Waals surface area contributed by atoms with Gasteiger partial charge in [-0.15, -0.1) is 0 Å². The summed E-state index contributed by atoms with van der Waals surface area (Å²) in [5.41, 5.74) is 4.98. The van der Waals surface area contributed by atoms with Crippen LogP contribution in [0.1, 0.15) is 27.0 Å². The molecular formula is C19H18N2O2. The molecule has 2 aliphatic heterocycles. The van der Waals surface area contributed by atoms with Crippen LogP contribution in [-0.2, 0) is 24.2 Å². The van der Waals surface area contributed by atoms with Gasteiger partial charge in [0, 0.05) is 25.7 Å². The molecule has 0 bridgehead atoms. The molecule has 0 aliphatic carbocycles. The molecule has 0 saturated heterocycles. The van der Waals surface area contributed by atoms with Gasteiger partial charge < -0.3 is 9.80 Å². The highest BCUT2D eigenvalue weighted by molar-refractivity contribution is 6.05. The van der Waals surface area contributed by atoms with Crippen molar-refractivity contribution >= 4 is 17.5 Å². The quantitative estimate of drug-likeness (QED) is 0.873. The van der Waals surface area contributed by atoms with Gasteiger partial charge in [0.05, 0.1) is 12.1 Å². The van der Waals surface area contributed by atoms with E-state index in [9.17, 15) is 9.59 Å². The van der Waals surface area contributed by atoms with Gasteiger partial charge in [-0.2, -0.15) is 0 Å². The predicted octanol–water partition coefficient (Wildman–Crippen LogP) is 2.40. The zero-order valence-electron chi connectivity index (χ0n) is 13.1. The second-order valence-corrected chi connectivity index (χ2v) is 6.26. The van der Waals surface area contributed by atoms with Gasteiger partial charge in [0.25, 0.3) is 5.91 Å². The summed E-state index contributed by atoms with van der Waals surface area (Å²) in [7, 11) is 1.82. The lowest BCUT2D eigenvalue weighted by molar-refractivity contribution is -0.117. The van der Waals surface area contributed by atoms with E-state index in [0.29, 0.717) is 18.5 Å².